The number of amides is 1. The first-order valence-corrected chi connectivity index (χ1v) is 9.72. The first-order valence-electron chi connectivity index (χ1n) is 7.42. The molecule has 1 amide bonds. The fourth-order valence-electron chi connectivity index (χ4n) is 2.33. The van der Waals surface area contributed by atoms with Crippen molar-refractivity contribution in [2.24, 2.45) is 4.99 Å². The Hall–Kier alpha value is -1.40. The Kier molecular flexibility index (Phi) is 6.42. The van der Waals surface area contributed by atoms with Crippen LogP contribution in [0.25, 0.3) is 0 Å². The van der Waals surface area contributed by atoms with Gasteiger partial charge in [0.05, 0.1) is 11.4 Å². The molecule has 1 heterocycles. The first kappa shape index (κ1) is 21.9. The standard InChI is InChI=1S/C15H14F6N2O2S2/c1-8-3-9(2)11(27(25)7-15(19,20)21)4-10(8)22-13-23(6-14(16,17)18)12(24)5-26-13/h3-4H,5-7H2,1-2H3/b22-13-. The molecular formula is C15H14F6N2O2S2. The van der Waals surface area contributed by atoms with Crippen LogP contribution in [0.4, 0.5) is 32.0 Å². The molecule has 1 aliphatic rings. The molecule has 1 aromatic rings. The number of amidine groups is 1. The van der Waals surface area contributed by atoms with Crippen molar-refractivity contribution in [2.75, 3.05) is 18.1 Å². The Bertz CT molecular complexity index is 764. The molecule has 2 rings (SSSR count). The lowest BCUT2D eigenvalue weighted by atomic mass is 10.1. The number of carbonyl (C=O) groups is 1. The Morgan fingerprint density at radius 3 is 2.33 bits per heavy atom. The lowest BCUT2D eigenvalue weighted by Crippen LogP contribution is -2.38. The molecule has 0 spiro atoms. The zero-order chi connectivity index (χ0) is 20.6. The number of hydrogen-bond acceptors (Lipinski definition) is 4. The molecule has 0 aliphatic carbocycles. The number of carbonyl (C=O) groups excluding carboxylic acids is 1. The molecule has 1 fully saturated rings. The summed E-state index contributed by atoms with van der Waals surface area (Å²) in [6, 6.07) is 2.62. The van der Waals surface area contributed by atoms with Crippen LogP contribution >= 0.6 is 11.8 Å². The largest absolute Gasteiger partial charge is 0.611 e. The number of nitrogens with zero attached hydrogens (tertiary/aromatic N) is 2. The maximum atomic E-state index is 12.6. The van der Waals surface area contributed by atoms with Gasteiger partial charge in [0.15, 0.2) is 10.1 Å². The van der Waals surface area contributed by atoms with Crippen molar-refractivity contribution in [3.05, 3.63) is 23.3 Å². The summed E-state index contributed by atoms with van der Waals surface area (Å²) in [6.45, 7) is 1.55. The first-order chi connectivity index (χ1) is 12.3. The summed E-state index contributed by atoms with van der Waals surface area (Å²) < 4.78 is 87.5. The number of rotatable bonds is 4. The van der Waals surface area contributed by atoms with Crippen LogP contribution in [0.2, 0.25) is 0 Å². The summed E-state index contributed by atoms with van der Waals surface area (Å²) in [5.74, 6) is -2.52. The Morgan fingerprint density at radius 1 is 1.15 bits per heavy atom. The third-order valence-electron chi connectivity index (χ3n) is 3.44. The third kappa shape index (κ3) is 6.04. The van der Waals surface area contributed by atoms with Gasteiger partial charge >= 0.3 is 12.4 Å². The summed E-state index contributed by atoms with van der Waals surface area (Å²) in [5.41, 5.74) is 0.886. The van der Waals surface area contributed by atoms with E-state index in [1.807, 2.05) is 0 Å². The van der Waals surface area contributed by atoms with E-state index in [0.717, 1.165) is 17.8 Å². The van der Waals surface area contributed by atoms with Gasteiger partial charge in [0.2, 0.25) is 11.7 Å². The second-order valence-corrected chi connectivity index (χ2v) is 8.15. The minimum Gasteiger partial charge on any atom is -0.611 e. The van der Waals surface area contributed by atoms with E-state index in [9.17, 15) is 35.7 Å². The van der Waals surface area contributed by atoms with Gasteiger partial charge < -0.3 is 4.55 Å². The molecule has 0 bridgehead atoms. The summed E-state index contributed by atoms with van der Waals surface area (Å²) in [5, 5.41) is -0.197. The van der Waals surface area contributed by atoms with Crippen LogP contribution in [-0.4, -0.2) is 50.9 Å². The highest BCUT2D eigenvalue weighted by Crippen LogP contribution is 2.33. The Morgan fingerprint density at radius 2 is 1.78 bits per heavy atom. The molecule has 0 N–H and O–H groups in total. The van der Waals surface area contributed by atoms with Gasteiger partial charge in [-0.25, -0.2) is 4.99 Å². The topological polar surface area (TPSA) is 55.7 Å². The van der Waals surface area contributed by atoms with E-state index < -0.39 is 41.7 Å². The minimum absolute atomic E-state index is 0.0653. The third-order valence-corrected chi connectivity index (χ3v) is 5.92. The fourth-order valence-corrected chi connectivity index (χ4v) is 4.34. The number of aryl methyl sites for hydroxylation is 2. The van der Waals surface area contributed by atoms with E-state index in [2.05, 4.69) is 4.99 Å². The minimum atomic E-state index is -4.63. The predicted molar refractivity (Wildman–Crippen MR) is 90.6 cm³/mol. The van der Waals surface area contributed by atoms with Gasteiger partial charge in [-0.1, -0.05) is 11.8 Å². The van der Waals surface area contributed by atoms with Crippen molar-refractivity contribution >= 4 is 39.7 Å². The van der Waals surface area contributed by atoms with Gasteiger partial charge in [-0.3, -0.25) is 9.69 Å². The van der Waals surface area contributed by atoms with Gasteiger partial charge in [0.1, 0.15) is 6.54 Å². The maximum Gasteiger partial charge on any atom is 0.433 e. The van der Waals surface area contributed by atoms with Crippen molar-refractivity contribution in [3.63, 3.8) is 0 Å². The summed E-state index contributed by atoms with van der Waals surface area (Å²) in [7, 11) is 0. The maximum absolute atomic E-state index is 12.6. The number of benzene rings is 1. The van der Waals surface area contributed by atoms with Crippen molar-refractivity contribution in [1.82, 2.24) is 4.90 Å². The molecule has 150 valence electrons. The van der Waals surface area contributed by atoms with Crippen molar-refractivity contribution < 1.29 is 35.7 Å². The van der Waals surface area contributed by atoms with Gasteiger partial charge in [-0.15, -0.1) is 0 Å². The van der Waals surface area contributed by atoms with E-state index in [0.29, 0.717) is 16.0 Å². The van der Waals surface area contributed by atoms with E-state index in [1.165, 1.54) is 13.0 Å². The highest BCUT2D eigenvalue weighted by atomic mass is 32.2. The lowest BCUT2D eigenvalue weighted by molar-refractivity contribution is -0.150. The molecule has 1 aliphatic heterocycles. The molecular weight excluding hydrogens is 418 g/mol. The number of halogens is 6. The Labute approximate surface area is 158 Å². The molecule has 0 aromatic heterocycles. The van der Waals surface area contributed by atoms with Crippen LogP contribution in [0.1, 0.15) is 11.1 Å². The monoisotopic (exact) mass is 432 g/mol. The van der Waals surface area contributed by atoms with Crippen LogP contribution in [-0.2, 0) is 16.0 Å². The number of hydrogen-bond donors (Lipinski definition) is 0. The van der Waals surface area contributed by atoms with Crippen molar-refractivity contribution in [1.29, 1.82) is 0 Å². The summed E-state index contributed by atoms with van der Waals surface area (Å²) in [6.07, 6.45) is -9.26. The highest BCUT2D eigenvalue weighted by molar-refractivity contribution is 8.15. The molecule has 1 saturated heterocycles. The quantitative estimate of drug-likeness (QED) is 0.532. The SMILES string of the molecule is Cc1cc(C)c([S+]([O-])CC(F)(F)F)cc1/N=C1\SCC(=O)N1CC(F)(F)F. The van der Waals surface area contributed by atoms with E-state index in [4.69, 9.17) is 0 Å². The van der Waals surface area contributed by atoms with Crippen LogP contribution in [0.5, 0.6) is 0 Å². The van der Waals surface area contributed by atoms with Gasteiger partial charge in [-0.05, 0) is 36.7 Å². The molecule has 1 aromatic carbocycles. The molecule has 27 heavy (non-hydrogen) atoms. The van der Waals surface area contributed by atoms with Crippen LogP contribution in [0, 0.1) is 13.8 Å². The van der Waals surface area contributed by atoms with E-state index in [-0.39, 0.29) is 21.5 Å². The number of thioether (sulfide) groups is 1. The van der Waals surface area contributed by atoms with Gasteiger partial charge in [0.25, 0.3) is 0 Å². The molecule has 0 radical (unpaired) electrons. The zero-order valence-electron chi connectivity index (χ0n) is 14.1. The average molecular weight is 432 g/mol. The van der Waals surface area contributed by atoms with Gasteiger partial charge in [0, 0.05) is 11.6 Å². The van der Waals surface area contributed by atoms with Crippen molar-refractivity contribution in [2.45, 2.75) is 31.1 Å². The highest BCUT2D eigenvalue weighted by Gasteiger charge is 2.39. The molecule has 1 atom stereocenters. The summed E-state index contributed by atoms with van der Waals surface area (Å²) >= 11 is -1.58. The Balaban J connectivity index is 2.39. The summed E-state index contributed by atoms with van der Waals surface area (Å²) in [4.78, 5) is 16.1. The molecule has 0 saturated carbocycles. The average Bonchev–Trinajstić information content (AvgIpc) is 2.79. The van der Waals surface area contributed by atoms with E-state index in [1.54, 1.807) is 6.92 Å². The molecule has 4 nitrogen and oxygen atoms in total. The number of aliphatic imine (C=N–C) groups is 1. The predicted octanol–water partition coefficient (Wildman–Crippen LogP) is 4.10. The second-order valence-electron chi connectivity index (χ2n) is 5.79. The molecule has 1 unspecified atom stereocenters. The second kappa shape index (κ2) is 7.92. The smallest absolute Gasteiger partial charge is 0.433 e. The lowest BCUT2D eigenvalue weighted by Gasteiger charge is -2.19. The fraction of sp³-hybridized carbons (Fsp3) is 0.467. The van der Waals surface area contributed by atoms with E-state index >= 15 is 0 Å². The molecule has 12 heteroatoms. The van der Waals surface area contributed by atoms with Gasteiger partial charge in [-0.2, -0.15) is 26.3 Å². The number of alkyl halides is 6. The van der Waals surface area contributed by atoms with Crippen molar-refractivity contribution in [3.8, 4) is 0 Å². The van der Waals surface area contributed by atoms with Crippen LogP contribution in [0.3, 0.4) is 0 Å². The zero-order valence-corrected chi connectivity index (χ0v) is 15.7. The van der Waals surface area contributed by atoms with Crippen LogP contribution in [0.15, 0.2) is 22.0 Å². The van der Waals surface area contributed by atoms with Crippen LogP contribution < -0.4 is 0 Å². The normalized spacial score (nSPS) is 18.5.